The van der Waals surface area contributed by atoms with Crippen LogP contribution < -0.4 is 4.74 Å². The molecule has 4 nitrogen and oxygen atoms in total. The third-order valence-corrected chi connectivity index (χ3v) is 9.48. The Kier molecular flexibility index (Phi) is 8.48. The molecular weight excluding hydrogens is 557 g/mol. The normalized spacial score (nSPS) is 13.6. The summed E-state index contributed by atoms with van der Waals surface area (Å²) in [5.41, 5.74) is 3.75. The molecule has 0 N–H and O–H groups in total. The van der Waals surface area contributed by atoms with Crippen molar-refractivity contribution in [2.24, 2.45) is 5.41 Å². The number of ether oxygens (including phenoxy) is 1. The molecule has 43 heavy (non-hydrogen) atoms. The van der Waals surface area contributed by atoms with Gasteiger partial charge in [-0.2, -0.15) is 0 Å². The summed E-state index contributed by atoms with van der Waals surface area (Å²) in [5.74, 6) is -0.132. The van der Waals surface area contributed by atoms with E-state index in [9.17, 15) is 9.59 Å². The Morgan fingerprint density at radius 2 is 1.56 bits per heavy atom. The Labute approximate surface area is 255 Å². The highest BCUT2D eigenvalue weighted by molar-refractivity contribution is 7.22. The fourth-order valence-corrected chi connectivity index (χ4v) is 6.62. The molecule has 1 fully saturated rings. The van der Waals surface area contributed by atoms with E-state index in [2.05, 4.69) is 36.2 Å². The van der Waals surface area contributed by atoms with E-state index < -0.39 is 11.2 Å². The lowest BCUT2D eigenvalue weighted by atomic mass is 9.88. The van der Waals surface area contributed by atoms with E-state index in [0.29, 0.717) is 24.2 Å². The largest absolute Gasteiger partial charge is 0.453 e. The van der Waals surface area contributed by atoms with Gasteiger partial charge in [0.25, 0.3) is 0 Å². The van der Waals surface area contributed by atoms with Gasteiger partial charge in [0.15, 0.2) is 23.1 Å². The van der Waals surface area contributed by atoms with Crippen molar-refractivity contribution in [1.29, 1.82) is 0 Å². The Morgan fingerprint density at radius 3 is 2.26 bits per heavy atom. The number of carbonyl (C=O) groups is 2. The molecule has 0 unspecified atom stereocenters. The Balaban J connectivity index is 1.14. The van der Waals surface area contributed by atoms with Gasteiger partial charge in [-0.25, -0.2) is 4.39 Å². The minimum absolute atomic E-state index is 0.0168. The standard InChI is InChI=1S/C37H34FNO3S/c1-2-3-5-8-25-11-14-28(15-12-25)33-24-30-36(43-33)32(17-20-39-30)42-31-16-13-27(21-29(31)38)23-35(41)37(18-19-37)34(40)22-26-9-6-4-7-10-26/h4,6-7,9-17,20-21,24H,2-3,5,8,18-19,22-23H2,1H3. The minimum Gasteiger partial charge on any atom is -0.453 e. The number of benzene rings is 3. The number of carbonyl (C=O) groups excluding carboxylic acids is 2. The first-order valence-electron chi connectivity index (χ1n) is 15.0. The maximum Gasteiger partial charge on any atom is 0.166 e. The zero-order valence-corrected chi connectivity index (χ0v) is 25.1. The molecule has 0 spiro atoms. The van der Waals surface area contributed by atoms with Gasteiger partial charge in [0.05, 0.1) is 15.6 Å². The molecule has 2 heterocycles. The lowest BCUT2D eigenvalue weighted by molar-refractivity contribution is -0.133. The number of unbranched alkanes of at least 4 members (excludes halogenated alkanes) is 2. The average Bonchev–Trinajstić information content (AvgIpc) is 3.72. The van der Waals surface area contributed by atoms with Crippen LogP contribution in [0.4, 0.5) is 4.39 Å². The van der Waals surface area contributed by atoms with Gasteiger partial charge in [0.2, 0.25) is 0 Å². The first kappa shape index (κ1) is 28.9. The summed E-state index contributed by atoms with van der Waals surface area (Å²) >= 11 is 1.57. The molecular formula is C37H34FNO3S. The molecule has 2 aromatic heterocycles. The van der Waals surface area contributed by atoms with Crippen molar-refractivity contribution >= 4 is 33.1 Å². The molecule has 0 aliphatic heterocycles. The van der Waals surface area contributed by atoms with Crippen LogP contribution >= 0.6 is 11.3 Å². The van der Waals surface area contributed by atoms with Crippen LogP contribution in [0.3, 0.4) is 0 Å². The fraction of sp³-hybridized carbons (Fsp3) is 0.270. The summed E-state index contributed by atoms with van der Waals surface area (Å²) in [7, 11) is 0. The number of halogens is 1. The van der Waals surface area contributed by atoms with E-state index in [1.54, 1.807) is 35.7 Å². The molecule has 0 amide bonds. The third-order valence-electron chi connectivity index (χ3n) is 8.29. The number of hydrogen-bond donors (Lipinski definition) is 0. The second kappa shape index (κ2) is 12.6. The van der Waals surface area contributed by atoms with Crippen LogP contribution in [0.1, 0.15) is 55.7 Å². The summed E-state index contributed by atoms with van der Waals surface area (Å²) < 4.78 is 22.1. The maximum absolute atomic E-state index is 15.2. The Hall–Kier alpha value is -4.16. The third kappa shape index (κ3) is 6.45. The second-order valence-electron chi connectivity index (χ2n) is 11.4. The van der Waals surface area contributed by atoms with Crippen molar-refractivity contribution in [3.8, 4) is 21.9 Å². The highest BCUT2D eigenvalue weighted by Crippen LogP contribution is 2.49. The highest BCUT2D eigenvalue weighted by Gasteiger charge is 2.54. The molecule has 218 valence electrons. The number of Topliss-reactive ketones (excluding diaryl/α,β-unsaturated/α-hetero) is 2. The van der Waals surface area contributed by atoms with Crippen LogP contribution in [0.15, 0.2) is 91.1 Å². The predicted molar refractivity (Wildman–Crippen MR) is 170 cm³/mol. The number of thiophene rings is 1. The Morgan fingerprint density at radius 1 is 0.837 bits per heavy atom. The van der Waals surface area contributed by atoms with Gasteiger partial charge >= 0.3 is 0 Å². The van der Waals surface area contributed by atoms with Crippen LogP contribution in [-0.2, 0) is 28.9 Å². The van der Waals surface area contributed by atoms with E-state index in [1.165, 1.54) is 30.9 Å². The topological polar surface area (TPSA) is 56.3 Å². The molecule has 1 aliphatic carbocycles. The average molecular weight is 592 g/mol. The summed E-state index contributed by atoms with van der Waals surface area (Å²) in [6.45, 7) is 2.21. The quantitative estimate of drug-likeness (QED) is 0.101. The molecule has 1 saturated carbocycles. The van der Waals surface area contributed by atoms with Crippen molar-refractivity contribution in [2.75, 3.05) is 0 Å². The predicted octanol–water partition coefficient (Wildman–Crippen LogP) is 9.33. The summed E-state index contributed by atoms with van der Waals surface area (Å²) in [5, 5.41) is 0. The van der Waals surface area contributed by atoms with Crippen LogP contribution in [0.2, 0.25) is 0 Å². The first-order chi connectivity index (χ1) is 20.9. The molecule has 0 bridgehead atoms. The molecule has 1 aliphatic rings. The van der Waals surface area contributed by atoms with Gasteiger partial charge in [0.1, 0.15) is 5.75 Å². The van der Waals surface area contributed by atoms with Crippen LogP contribution in [0.5, 0.6) is 11.5 Å². The summed E-state index contributed by atoms with van der Waals surface area (Å²) in [6, 6.07) is 26.5. The van der Waals surface area contributed by atoms with Gasteiger partial charge in [-0.05, 0) is 66.1 Å². The number of hydrogen-bond acceptors (Lipinski definition) is 5. The first-order valence-corrected chi connectivity index (χ1v) is 15.8. The number of rotatable bonds is 13. The number of aryl methyl sites for hydroxylation is 1. The molecule has 5 aromatic rings. The van der Waals surface area contributed by atoms with E-state index in [0.717, 1.165) is 32.6 Å². The van der Waals surface area contributed by atoms with E-state index >= 15 is 4.39 Å². The zero-order valence-electron chi connectivity index (χ0n) is 24.3. The van der Waals surface area contributed by atoms with Crippen LogP contribution in [0.25, 0.3) is 20.7 Å². The number of nitrogens with zero attached hydrogens (tertiary/aromatic N) is 1. The molecule has 0 atom stereocenters. The summed E-state index contributed by atoms with van der Waals surface area (Å²) in [6.07, 6.45) is 7.78. The van der Waals surface area contributed by atoms with Crippen molar-refractivity contribution in [3.05, 3.63) is 114 Å². The van der Waals surface area contributed by atoms with E-state index in [1.807, 2.05) is 36.4 Å². The lowest BCUT2D eigenvalue weighted by Gasteiger charge is -2.14. The van der Waals surface area contributed by atoms with Crippen molar-refractivity contribution < 1.29 is 18.7 Å². The van der Waals surface area contributed by atoms with Gasteiger partial charge < -0.3 is 4.74 Å². The van der Waals surface area contributed by atoms with Crippen molar-refractivity contribution in [1.82, 2.24) is 4.98 Å². The smallest absolute Gasteiger partial charge is 0.166 e. The molecule has 0 saturated heterocycles. The lowest BCUT2D eigenvalue weighted by Crippen LogP contribution is -2.28. The molecule has 6 heteroatoms. The number of fused-ring (bicyclic) bond motifs is 1. The molecule has 3 aromatic carbocycles. The summed E-state index contributed by atoms with van der Waals surface area (Å²) in [4.78, 5) is 31.8. The molecule has 6 rings (SSSR count). The number of ketones is 2. The monoisotopic (exact) mass is 591 g/mol. The minimum atomic E-state index is -0.934. The molecule has 0 radical (unpaired) electrons. The Bertz CT molecular complexity index is 1760. The van der Waals surface area contributed by atoms with Gasteiger partial charge in [-0.15, -0.1) is 11.3 Å². The van der Waals surface area contributed by atoms with Crippen LogP contribution in [-0.4, -0.2) is 16.6 Å². The maximum atomic E-state index is 15.2. The highest BCUT2D eigenvalue weighted by atomic mass is 32.1. The SMILES string of the molecule is CCCCCc1ccc(-c2cc3nccc(Oc4ccc(CC(=O)C5(C(=O)Cc6ccccc6)CC5)cc4F)c3s2)cc1. The fourth-order valence-electron chi connectivity index (χ4n) is 5.55. The van der Waals surface area contributed by atoms with Gasteiger partial charge in [0, 0.05) is 30.0 Å². The zero-order chi connectivity index (χ0) is 29.8. The number of pyridine rings is 1. The second-order valence-corrected chi connectivity index (χ2v) is 12.5. The van der Waals surface area contributed by atoms with Crippen molar-refractivity contribution in [2.45, 2.75) is 58.3 Å². The number of aromatic nitrogens is 1. The van der Waals surface area contributed by atoms with Gasteiger partial charge in [-0.1, -0.05) is 80.4 Å². The van der Waals surface area contributed by atoms with Crippen molar-refractivity contribution in [3.63, 3.8) is 0 Å². The van der Waals surface area contributed by atoms with Gasteiger partial charge in [-0.3, -0.25) is 14.6 Å². The van der Waals surface area contributed by atoms with E-state index in [-0.39, 0.29) is 30.2 Å². The van der Waals surface area contributed by atoms with Crippen LogP contribution in [0, 0.1) is 11.2 Å². The van der Waals surface area contributed by atoms with E-state index in [4.69, 9.17) is 4.74 Å².